The first-order valence-corrected chi connectivity index (χ1v) is 18.2. The Kier molecular flexibility index (Phi) is 6.61. The second-order valence-electron chi connectivity index (χ2n) is 12.5. The van der Waals surface area contributed by atoms with E-state index < -0.39 is 0 Å². The maximum Gasteiger partial charge on any atom is 0.0640 e. The van der Waals surface area contributed by atoms with Crippen LogP contribution in [-0.2, 0) is 0 Å². The van der Waals surface area contributed by atoms with Gasteiger partial charge in [-0.1, -0.05) is 121 Å². The van der Waals surface area contributed by atoms with Crippen LogP contribution in [0.4, 0.5) is 17.1 Å². The van der Waals surface area contributed by atoms with Crippen LogP contribution in [0.2, 0.25) is 0 Å². The van der Waals surface area contributed by atoms with E-state index in [0.29, 0.717) is 0 Å². The van der Waals surface area contributed by atoms with Crippen LogP contribution in [0.25, 0.3) is 73.4 Å². The highest BCUT2D eigenvalue weighted by Gasteiger charge is 2.19. The van der Waals surface area contributed by atoms with E-state index in [9.17, 15) is 0 Å². The Morgan fingerprint density at radius 1 is 0.367 bits per heavy atom. The van der Waals surface area contributed by atoms with Gasteiger partial charge in [0.1, 0.15) is 0 Å². The predicted molar refractivity (Wildman–Crippen MR) is 215 cm³/mol. The summed E-state index contributed by atoms with van der Waals surface area (Å²) in [5, 5.41) is 7.77. The summed E-state index contributed by atoms with van der Waals surface area (Å²) in [5.41, 5.74) is 8.37. The zero-order valence-electron chi connectivity index (χ0n) is 26.5. The lowest BCUT2D eigenvalue weighted by atomic mass is 9.98. The molecule has 10 aromatic rings. The van der Waals surface area contributed by atoms with Crippen molar-refractivity contribution < 1.29 is 0 Å². The first-order valence-electron chi connectivity index (χ1n) is 16.6. The molecule has 0 spiro atoms. The van der Waals surface area contributed by atoms with Gasteiger partial charge in [0.25, 0.3) is 0 Å². The Morgan fingerprint density at radius 2 is 1.02 bits per heavy atom. The molecule has 0 saturated carbocycles. The van der Waals surface area contributed by atoms with Gasteiger partial charge >= 0.3 is 0 Å². The number of fused-ring (bicyclic) bond motifs is 7. The van der Waals surface area contributed by atoms with Crippen molar-refractivity contribution >= 4 is 90.9 Å². The van der Waals surface area contributed by atoms with Gasteiger partial charge in [0, 0.05) is 47.0 Å². The van der Waals surface area contributed by atoms with E-state index in [1.165, 1.54) is 79.1 Å². The van der Waals surface area contributed by atoms with E-state index in [1.54, 1.807) is 0 Å². The van der Waals surface area contributed by atoms with Crippen LogP contribution in [0.3, 0.4) is 0 Å². The minimum Gasteiger partial charge on any atom is -0.309 e. The molecule has 0 aliphatic carbocycles. The molecule has 0 amide bonds. The summed E-state index contributed by atoms with van der Waals surface area (Å²) in [6.45, 7) is 0. The standard InChI is InChI=1S/C46H29NS2/c1-2-11-32-28-34(23-22-30(32)10-1)33-12-7-13-36(29-33)47(41-18-8-17-39-38-14-3-5-19-42(38)49-46(39)41)35-26-24-31(25-27-35)37-16-9-21-44-45(37)40-15-4-6-20-43(40)48-44/h1-29H. The maximum atomic E-state index is 2.44. The molecule has 2 aromatic heterocycles. The molecule has 0 N–H and O–H groups in total. The Bertz CT molecular complexity index is 2840. The van der Waals surface area contributed by atoms with Gasteiger partial charge in [-0.25, -0.2) is 0 Å². The van der Waals surface area contributed by atoms with Crippen molar-refractivity contribution in [3.8, 4) is 22.3 Å². The van der Waals surface area contributed by atoms with Gasteiger partial charge in [-0.05, 0) is 87.6 Å². The van der Waals surface area contributed by atoms with E-state index in [0.717, 1.165) is 11.4 Å². The summed E-state index contributed by atoms with van der Waals surface area (Å²) in [6, 6.07) is 64.4. The van der Waals surface area contributed by atoms with Crippen LogP contribution in [0.1, 0.15) is 0 Å². The normalized spacial score (nSPS) is 11.7. The van der Waals surface area contributed by atoms with Gasteiger partial charge in [-0.15, -0.1) is 22.7 Å². The predicted octanol–water partition coefficient (Wildman–Crippen LogP) is 14.4. The molecule has 0 fully saturated rings. The summed E-state index contributed by atoms with van der Waals surface area (Å²) in [5.74, 6) is 0. The van der Waals surface area contributed by atoms with E-state index in [1.807, 2.05) is 22.7 Å². The smallest absolute Gasteiger partial charge is 0.0640 e. The molecule has 49 heavy (non-hydrogen) atoms. The largest absolute Gasteiger partial charge is 0.309 e. The number of nitrogens with zero attached hydrogens (tertiary/aromatic N) is 1. The van der Waals surface area contributed by atoms with Gasteiger partial charge in [0.05, 0.1) is 10.4 Å². The number of hydrogen-bond donors (Lipinski definition) is 0. The van der Waals surface area contributed by atoms with Gasteiger partial charge in [-0.2, -0.15) is 0 Å². The van der Waals surface area contributed by atoms with Crippen LogP contribution in [0.5, 0.6) is 0 Å². The molecule has 0 aliphatic heterocycles. The molecular weight excluding hydrogens is 631 g/mol. The Morgan fingerprint density at radius 3 is 1.90 bits per heavy atom. The molecule has 3 heteroatoms. The summed E-state index contributed by atoms with van der Waals surface area (Å²) in [6.07, 6.45) is 0. The molecule has 0 aliphatic rings. The molecule has 2 heterocycles. The van der Waals surface area contributed by atoms with Crippen molar-refractivity contribution in [3.05, 3.63) is 176 Å². The van der Waals surface area contributed by atoms with Crippen LogP contribution in [-0.4, -0.2) is 0 Å². The van der Waals surface area contributed by atoms with Crippen LogP contribution >= 0.6 is 22.7 Å². The maximum absolute atomic E-state index is 2.44. The minimum atomic E-state index is 1.13. The lowest BCUT2D eigenvalue weighted by molar-refractivity contribution is 1.30. The molecule has 0 bridgehead atoms. The lowest BCUT2D eigenvalue weighted by Gasteiger charge is -2.27. The van der Waals surface area contributed by atoms with Gasteiger partial charge in [-0.3, -0.25) is 0 Å². The molecule has 0 unspecified atom stereocenters. The number of thiophene rings is 2. The molecule has 8 aromatic carbocycles. The first kappa shape index (κ1) is 28.3. The number of hydrogen-bond acceptors (Lipinski definition) is 3. The monoisotopic (exact) mass is 659 g/mol. The van der Waals surface area contributed by atoms with Crippen molar-refractivity contribution in [3.63, 3.8) is 0 Å². The van der Waals surface area contributed by atoms with Crippen LogP contribution in [0.15, 0.2) is 176 Å². The van der Waals surface area contributed by atoms with E-state index in [-0.39, 0.29) is 0 Å². The fraction of sp³-hybridized carbons (Fsp3) is 0. The number of benzene rings is 8. The van der Waals surface area contributed by atoms with Crippen molar-refractivity contribution in [2.24, 2.45) is 0 Å². The summed E-state index contributed by atoms with van der Waals surface area (Å²) >= 11 is 3.74. The molecule has 230 valence electrons. The van der Waals surface area contributed by atoms with Crippen LogP contribution < -0.4 is 4.90 Å². The molecular formula is C46H29NS2. The molecule has 1 nitrogen and oxygen atoms in total. The van der Waals surface area contributed by atoms with E-state index >= 15 is 0 Å². The Balaban J connectivity index is 1.15. The molecule has 0 radical (unpaired) electrons. The second kappa shape index (κ2) is 11.5. The van der Waals surface area contributed by atoms with Crippen molar-refractivity contribution in [1.29, 1.82) is 0 Å². The fourth-order valence-electron chi connectivity index (χ4n) is 7.33. The molecule has 10 rings (SSSR count). The topological polar surface area (TPSA) is 3.24 Å². The average molecular weight is 660 g/mol. The zero-order valence-corrected chi connectivity index (χ0v) is 28.1. The molecule has 0 atom stereocenters. The zero-order chi connectivity index (χ0) is 32.3. The first-order chi connectivity index (χ1) is 24.3. The number of anilines is 3. The van der Waals surface area contributed by atoms with Gasteiger partial charge in [0.2, 0.25) is 0 Å². The fourth-order valence-corrected chi connectivity index (χ4v) is 9.67. The molecule has 0 saturated heterocycles. The minimum absolute atomic E-state index is 1.13. The Hall–Kier alpha value is -5.74. The van der Waals surface area contributed by atoms with Crippen molar-refractivity contribution in [2.45, 2.75) is 0 Å². The van der Waals surface area contributed by atoms with Gasteiger partial charge in [0.15, 0.2) is 0 Å². The number of rotatable bonds is 5. The van der Waals surface area contributed by atoms with Gasteiger partial charge < -0.3 is 4.90 Å². The highest BCUT2D eigenvalue weighted by molar-refractivity contribution is 7.26. The average Bonchev–Trinajstić information content (AvgIpc) is 3.74. The SMILES string of the molecule is c1cc(-c2ccc3ccccc3c2)cc(N(c2ccc(-c3cccc4sc5ccccc5c34)cc2)c2cccc3c2sc2ccccc23)c1. The summed E-state index contributed by atoms with van der Waals surface area (Å²) < 4.78 is 5.25. The van der Waals surface area contributed by atoms with E-state index in [4.69, 9.17) is 0 Å². The highest BCUT2D eigenvalue weighted by atomic mass is 32.1. The second-order valence-corrected chi connectivity index (χ2v) is 14.7. The third-order valence-electron chi connectivity index (χ3n) is 9.65. The third-order valence-corrected chi connectivity index (χ3v) is 12.0. The summed E-state index contributed by atoms with van der Waals surface area (Å²) in [7, 11) is 0. The quantitative estimate of drug-likeness (QED) is 0.178. The third kappa shape index (κ3) is 4.74. The van der Waals surface area contributed by atoms with Crippen molar-refractivity contribution in [2.75, 3.05) is 4.90 Å². The highest BCUT2D eigenvalue weighted by Crippen LogP contribution is 2.46. The Labute approximate surface area is 292 Å². The lowest BCUT2D eigenvalue weighted by Crippen LogP contribution is -2.10. The van der Waals surface area contributed by atoms with E-state index in [2.05, 4.69) is 181 Å². The van der Waals surface area contributed by atoms with Crippen LogP contribution in [0, 0.1) is 0 Å². The summed E-state index contributed by atoms with van der Waals surface area (Å²) in [4.78, 5) is 2.44. The van der Waals surface area contributed by atoms with Crippen molar-refractivity contribution in [1.82, 2.24) is 0 Å².